The topological polar surface area (TPSA) is 62.4 Å². The Morgan fingerprint density at radius 2 is 2.12 bits per heavy atom. The Bertz CT molecular complexity index is 382. The first-order chi connectivity index (χ1) is 7.83. The van der Waals surface area contributed by atoms with Gasteiger partial charge in [-0.1, -0.05) is 0 Å². The van der Waals surface area contributed by atoms with Gasteiger partial charge >= 0.3 is 6.18 Å². The van der Waals surface area contributed by atoms with E-state index in [4.69, 9.17) is 10.8 Å². The van der Waals surface area contributed by atoms with Gasteiger partial charge in [-0.2, -0.15) is 13.2 Å². The van der Waals surface area contributed by atoms with Crippen molar-refractivity contribution in [2.45, 2.75) is 13.1 Å². The first-order valence-corrected chi connectivity index (χ1v) is 4.98. The molecule has 0 aliphatic rings. The van der Waals surface area contributed by atoms with Gasteiger partial charge in [-0.15, -0.1) is 0 Å². The Kier molecular flexibility index (Phi) is 4.17. The van der Waals surface area contributed by atoms with E-state index in [1.165, 1.54) is 6.20 Å². The minimum absolute atomic E-state index is 0.128. The molecule has 96 valence electrons. The highest BCUT2D eigenvalue weighted by Crippen LogP contribution is 2.23. The lowest BCUT2D eigenvalue weighted by molar-refractivity contribution is -0.120. The van der Waals surface area contributed by atoms with Crippen molar-refractivity contribution >= 4 is 11.5 Å². The van der Waals surface area contributed by atoms with Crippen molar-refractivity contribution < 1.29 is 18.3 Å². The van der Waals surface area contributed by atoms with Crippen molar-refractivity contribution in [2.24, 2.45) is 0 Å². The molecule has 1 heterocycles. The number of nitrogens with zero attached hydrogens (tertiary/aromatic N) is 2. The first kappa shape index (κ1) is 13.6. The first-order valence-electron chi connectivity index (χ1n) is 4.98. The van der Waals surface area contributed by atoms with Gasteiger partial charge in [0.25, 0.3) is 0 Å². The zero-order chi connectivity index (χ0) is 13.1. The van der Waals surface area contributed by atoms with Crippen LogP contribution in [0.15, 0.2) is 12.3 Å². The third-order valence-corrected chi connectivity index (χ3v) is 2.11. The number of rotatable bonds is 4. The third kappa shape index (κ3) is 4.10. The van der Waals surface area contributed by atoms with E-state index in [0.717, 1.165) is 4.90 Å². The van der Waals surface area contributed by atoms with Gasteiger partial charge in [-0.3, -0.25) is 0 Å². The maximum Gasteiger partial charge on any atom is 0.405 e. The van der Waals surface area contributed by atoms with E-state index in [2.05, 4.69) is 4.98 Å². The Balaban J connectivity index is 2.97. The molecule has 1 aromatic heterocycles. The summed E-state index contributed by atoms with van der Waals surface area (Å²) < 4.78 is 37.0. The number of hydrogen-bond donors (Lipinski definition) is 2. The van der Waals surface area contributed by atoms with Crippen LogP contribution in [-0.2, 0) is 0 Å². The quantitative estimate of drug-likeness (QED) is 0.845. The number of nitrogen functional groups attached to an aromatic ring is 1. The fourth-order valence-corrected chi connectivity index (χ4v) is 1.52. The van der Waals surface area contributed by atoms with Crippen molar-refractivity contribution in [3.8, 4) is 0 Å². The van der Waals surface area contributed by atoms with Crippen molar-refractivity contribution in [3.63, 3.8) is 0 Å². The molecule has 0 saturated heterocycles. The minimum Gasteiger partial charge on any atom is -0.397 e. The van der Waals surface area contributed by atoms with E-state index in [0.29, 0.717) is 11.3 Å². The molecule has 1 aromatic rings. The monoisotopic (exact) mass is 249 g/mol. The summed E-state index contributed by atoms with van der Waals surface area (Å²) in [5, 5.41) is 8.78. The van der Waals surface area contributed by atoms with E-state index in [9.17, 15) is 13.2 Å². The Morgan fingerprint density at radius 3 is 2.59 bits per heavy atom. The molecule has 0 amide bonds. The van der Waals surface area contributed by atoms with Crippen LogP contribution in [0.1, 0.15) is 5.56 Å². The number of alkyl halides is 3. The summed E-state index contributed by atoms with van der Waals surface area (Å²) in [5.74, 6) is 0.186. The molecule has 0 atom stereocenters. The largest absolute Gasteiger partial charge is 0.405 e. The SMILES string of the molecule is Cc1cc(N)cnc1N(CCO)CC(F)(F)F. The van der Waals surface area contributed by atoms with E-state index in [1.807, 2.05) is 0 Å². The molecular formula is C10H14F3N3O. The van der Waals surface area contributed by atoms with Gasteiger partial charge in [0.05, 0.1) is 18.5 Å². The fraction of sp³-hybridized carbons (Fsp3) is 0.500. The number of pyridine rings is 1. The lowest BCUT2D eigenvalue weighted by atomic mass is 10.2. The number of anilines is 2. The molecule has 0 aliphatic heterocycles. The van der Waals surface area contributed by atoms with Crippen LogP contribution in [0.5, 0.6) is 0 Å². The summed E-state index contributed by atoms with van der Waals surface area (Å²) in [6, 6.07) is 1.54. The standard InChI is InChI=1S/C10H14F3N3O/c1-7-4-8(14)5-15-9(7)16(2-3-17)6-10(11,12)13/h4-5,17H,2-3,6,14H2,1H3. The lowest BCUT2D eigenvalue weighted by Gasteiger charge is -2.25. The zero-order valence-electron chi connectivity index (χ0n) is 9.33. The van der Waals surface area contributed by atoms with Gasteiger partial charge < -0.3 is 15.7 Å². The van der Waals surface area contributed by atoms with Crippen LogP contribution in [0.3, 0.4) is 0 Å². The van der Waals surface area contributed by atoms with Crippen molar-refractivity contribution in [2.75, 3.05) is 30.3 Å². The second-order valence-corrected chi connectivity index (χ2v) is 3.67. The molecular weight excluding hydrogens is 235 g/mol. The van der Waals surface area contributed by atoms with Crippen LogP contribution in [0.4, 0.5) is 24.7 Å². The number of hydrogen-bond acceptors (Lipinski definition) is 4. The Hall–Kier alpha value is -1.50. The predicted molar refractivity (Wildman–Crippen MR) is 58.7 cm³/mol. The van der Waals surface area contributed by atoms with Crippen molar-refractivity contribution in [1.82, 2.24) is 4.98 Å². The van der Waals surface area contributed by atoms with Crippen molar-refractivity contribution in [1.29, 1.82) is 0 Å². The Labute approximate surface area is 96.9 Å². The molecule has 7 heteroatoms. The number of aryl methyl sites for hydroxylation is 1. The van der Waals surface area contributed by atoms with Crippen LogP contribution >= 0.6 is 0 Å². The van der Waals surface area contributed by atoms with Crippen molar-refractivity contribution in [3.05, 3.63) is 17.8 Å². The minimum atomic E-state index is -4.34. The number of nitrogens with two attached hydrogens (primary N) is 1. The maximum atomic E-state index is 12.3. The smallest absolute Gasteiger partial charge is 0.397 e. The van der Waals surface area contributed by atoms with Gasteiger partial charge in [-0.05, 0) is 18.6 Å². The van der Waals surface area contributed by atoms with E-state index in [1.54, 1.807) is 13.0 Å². The van der Waals surface area contributed by atoms with Gasteiger partial charge in [0, 0.05) is 6.54 Å². The second kappa shape index (κ2) is 5.22. The van der Waals surface area contributed by atoms with Crippen LogP contribution in [0, 0.1) is 6.92 Å². The molecule has 0 saturated carbocycles. The summed E-state index contributed by atoms with van der Waals surface area (Å²) in [6.45, 7) is -0.0242. The average Bonchev–Trinajstić information content (AvgIpc) is 2.14. The van der Waals surface area contributed by atoms with Crippen LogP contribution < -0.4 is 10.6 Å². The van der Waals surface area contributed by atoms with Gasteiger partial charge in [0.1, 0.15) is 12.4 Å². The van der Waals surface area contributed by atoms with E-state index < -0.39 is 12.7 Å². The Morgan fingerprint density at radius 1 is 1.47 bits per heavy atom. The van der Waals surface area contributed by atoms with E-state index in [-0.39, 0.29) is 19.0 Å². The second-order valence-electron chi connectivity index (χ2n) is 3.67. The molecule has 0 unspecified atom stereocenters. The van der Waals surface area contributed by atoms with Gasteiger partial charge in [-0.25, -0.2) is 4.98 Å². The summed E-state index contributed by atoms with van der Waals surface area (Å²) >= 11 is 0. The summed E-state index contributed by atoms with van der Waals surface area (Å²) in [5.41, 5.74) is 6.41. The molecule has 17 heavy (non-hydrogen) atoms. The van der Waals surface area contributed by atoms with Crippen LogP contribution in [-0.4, -0.2) is 36.0 Å². The van der Waals surface area contributed by atoms with E-state index >= 15 is 0 Å². The number of aliphatic hydroxyl groups is 1. The third-order valence-electron chi connectivity index (χ3n) is 2.11. The molecule has 0 aromatic carbocycles. The normalized spacial score (nSPS) is 11.6. The van der Waals surface area contributed by atoms with Crippen LogP contribution in [0.25, 0.3) is 0 Å². The van der Waals surface area contributed by atoms with Gasteiger partial charge in [0.2, 0.25) is 0 Å². The maximum absolute atomic E-state index is 12.3. The molecule has 1 rings (SSSR count). The lowest BCUT2D eigenvalue weighted by Crippen LogP contribution is -2.37. The highest BCUT2D eigenvalue weighted by molar-refractivity contribution is 5.52. The zero-order valence-corrected chi connectivity index (χ0v) is 9.33. The predicted octanol–water partition coefficient (Wildman–Crippen LogP) is 1.33. The average molecular weight is 249 g/mol. The van der Waals surface area contributed by atoms with Crippen LogP contribution in [0.2, 0.25) is 0 Å². The molecule has 0 spiro atoms. The summed E-state index contributed by atoms with van der Waals surface area (Å²) in [6.07, 6.45) is -3.05. The highest BCUT2D eigenvalue weighted by atomic mass is 19.4. The summed E-state index contributed by atoms with van der Waals surface area (Å²) in [7, 11) is 0. The highest BCUT2D eigenvalue weighted by Gasteiger charge is 2.31. The molecule has 4 nitrogen and oxygen atoms in total. The number of halogens is 3. The molecule has 0 aliphatic carbocycles. The number of aliphatic hydroxyl groups excluding tert-OH is 1. The van der Waals surface area contributed by atoms with Gasteiger partial charge in [0.15, 0.2) is 0 Å². The molecule has 0 fully saturated rings. The summed E-state index contributed by atoms with van der Waals surface area (Å²) in [4.78, 5) is 4.85. The molecule has 3 N–H and O–H groups in total. The molecule has 0 radical (unpaired) electrons. The fourth-order valence-electron chi connectivity index (χ4n) is 1.52. The number of aromatic nitrogens is 1. The molecule has 0 bridgehead atoms.